The first-order valence-corrected chi connectivity index (χ1v) is 13.6. The number of hydrogen-bond donors (Lipinski definition) is 1. The highest BCUT2D eigenvalue weighted by Crippen LogP contribution is 2.47. The fraction of sp³-hybridized carbons (Fsp3) is 0.438. The lowest BCUT2D eigenvalue weighted by molar-refractivity contribution is -0.126. The van der Waals surface area contributed by atoms with Crippen LogP contribution < -0.4 is 9.46 Å². The van der Waals surface area contributed by atoms with Crippen molar-refractivity contribution in [1.82, 2.24) is 18.5 Å². The molecule has 0 radical (unpaired) electrons. The molecule has 228 valence electrons. The largest absolute Gasteiger partial charge is 0.497 e. The van der Waals surface area contributed by atoms with Gasteiger partial charge in [0.2, 0.25) is 0 Å². The molecule has 3 aliphatic rings. The Bertz CT molecular complexity index is 2750. The highest BCUT2D eigenvalue weighted by Gasteiger charge is 2.31. The van der Waals surface area contributed by atoms with Gasteiger partial charge in [-0.25, -0.2) is 4.72 Å². The van der Waals surface area contributed by atoms with Crippen molar-refractivity contribution < 1.29 is 61.7 Å². The lowest BCUT2D eigenvalue weighted by Crippen LogP contribution is -2.42. The number of hydrogen-bond acceptors (Lipinski definition) is 6. The Hall–Kier alpha value is -3.67. The number of nitrogens with zero attached hydrogens (tertiary/aromatic N) is 3. The average molecular weight is 632 g/mol. The van der Waals surface area contributed by atoms with Gasteiger partial charge < -0.3 is 18.9 Å². The summed E-state index contributed by atoms with van der Waals surface area (Å²) in [7, 11) is -5.12. The summed E-state index contributed by atoms with van der Waals surface area (Å²) in [6, 6.07) is 5.65. The third-order valence-electron chi connectivity index (χ3n) is 6.60. The van der Waals surface area contributed by atoms with Crippen molar-refractivity contribution in [2.45, 2.75) is 44.3 Å². The van der Waals surface area contributed by atoms with Crippen LogP contribution in [0.15, 0.2) is 42.0 Å². The van der Waals surface area contributed by atoms with Crippen LogP contribution in [-0.2, 0) is 26.3 Å². The van der Waals surface area contributed by atoms with Crippen molar-refractivity contribution >= 4 is 39.0 Å². The maximum Gasteiger partial charge on any atom is 0.303 e. The van der Waals surface area contributed by atoms with Gasteiger partial charge >= 0.3 is 10.2 Å². The SMILES string of the molecule is [2H]C([2H])([2H])N1C(=O)C2=Cc3cc(OC)ccc3-c3c(C4([2H])C([2H])([2H])C([2H])([2H])C([2H])([2H])C([2H])([2H])C4([2H])[2H])c4ccc(cc4n3C2)C(=O)NS(=O)(=O)N(C([2H])([2H])[2H])C([2H])([2H])C([2H])([2H])OC([2H])([2H])C1([2H])[2H]. The van der Waals surface area contributed by atoms with Gasteiger partial charge in [-0.3, -0.25) is 9.59 Å². The van der Waals surface area contributed by atoms with Gasteiger partial charge in [-0.15, -0.1) is 0 Å². The number of amides is 2. The summed E-state index contributed by atoms with van der Waals surface area (Å²) in [5, 5.41) is -0.619. The van der Waals surface area contributed by atoms with Crippen LogP contribution in [0.25, 0.3) is 28.2 Å². The summed E-state index contributed by atoms with van der Waals surface area (Å²) >= 11 is 0. The molecule has 0 unspecified atom stereocenters. The minimum absolute atomic E-state index is 0.0624. The maximum absolute atomic E-state index is 14.9. The lowest BCUT2D eigenvalue weighted by Gasteiger charge is -2.24. The van der Waals surface area contributed by atoms with E-state index >= 15 is 0 Å². The Labute approximate surface area is 287 Å². The van der Waals surface area contributed by atoms with Crippen LogP contribution in [0.2, 0.25) is 0 Å². The quantitative estimate of drug-likeness (QED) is 0.455. The summed E-state index contributed by atoms with van der Waals surface area (Å²) in [4.78, 5) is 28.1. The summed E-state index contributed by atoms with van der Waals surface area (Å²) < 4.78 is 253. The highest BCUT2D eigenvalue weighted by atomic mass is 32.2. The van der Waals surface area contributed by atoms with Crippen molar-refractivity contribution in [3.8, 4) is 17.0 Å². The molecule has 6 rings (SSSR count). The van der Waals surface area contributed by atoms with Crippen molar-refractivity contribution in [1.29, 1.82) is 0 Å². The van der Waals surface area contributed by atoms with E-state index in [1.165, 1.54) is 10.8 Å². The molecule has 3 aromatic rings. The number of rotatable bonds is 2. The summed E-state index contributed by atoms with van der Waals surface area (Å²) in [6.07, 6.45) is -19.7. The molecule has 2 amide bonds. The number of carbonyl (C=O) groups excluding carboxylic acids is 2. The number of fused-ring (bicyclic) bond motifs is 4. The number of carbonyl (C=O) groups is 2. The maximum atomic E-state index is 14.9. The predicted molar refractivity (Wildman–Crippen MR) is 165 cm³/mol. The Morgan fingerprint density at radius 1 is 1.07 bits per heavy atom. The highest BCUT2D eigenvalue weighted by molar-refractivity contribution is 7.87. The number of likely N-dealkylation sites (N-methyl/N-ethyl adjacent to an activating group) is 2. The number of nitrogens with one attached hydrogen (secondary N) is 1. The molecule has 1 fully saturated rings. The number of ether oxygens (including phenoxy) is 2. The molecule has 43 heavy (non-hydrogen) atoms. The van der Waals surface area contributed by atoms with Crippen LogP contribution in [0.3, 0.4) is 0 Å². The molecule has 1 aromatic heterocycles. The third kappa shape index (κ3) is 5.57. The van der Waals surface area contributed by atoms with Crippen molar-refractivity contribution in [3.05, 3.63) is 58.7 Å². The van der Waals surface area contributed by atoms with E-state index in [1.54, 1.807) is 0 Å². The fourth-order valence-corrected chi connectivity index (χ4v) is 5.33. The summed E-state index contributed by atoms with van der Waals surface area (Å²) in [5.41, 5.74) is -4.69. The van der Waals surface area contributed by atoms with E-state index in [0.717, 1.165) is 36.0 Å². The molecule has 0 atom stereocenters. The van der Waals surface area contributed by atoms with Crippen LogP contribution in [0.1, 0.15) is 93.5 Å². The van der Waals surface area contributed by atoms with E-state index in [2.05, 4.69) is 4.74 Å². The van der Waals surface area contributed by atoms with E-state index in [-0.39, 0.29) is 16.9 Å². The van der Waals surface area contributed by atoms with E-state index in [0.29, 0.717) is 12.1 Å². The van der Waals surface area contributed by atoms with E-state index in [9.17, 15) is 19.4 Å². The molecule has 1 N–H and O–H groups in total. The molecule has 2 aromatic carbocycles. The molecule has 1 aliphatic carbocycles. The van der Waals surface area contributed by atoms with E-state index < -0.39 is 149 Å². The van der Waals surface area contributed by atoms with Crippen LogP contribution in [0, 0.1) is 0 Å². The molecule has 11 heteroatoms. The second kappa shape index (κ2) is 11.8. The van der Waals surface area contributed by atoms with Crippen molar-refractivity contribution in [3.63, 3.8) is 0 Å². The first-order chi connectivity index (χ1) is 30.2. The Morgan fingerprint density at radius 2 is 1.88 bits per heavy atom. The van der Waals surface area contributed by atoms with Gasteiger partial charge in [0, 0.05) is 80.6 Å². The molecular formula is C32H38N4O6S. The zero-order valence-corrected chi connectivity index (χ0v) is 22.8. The van der Waals surface area contributed by atoms with Gasteiger partial charge in [0.1, 0.15) is 5.75 Å². The minimum atomic E-state index is -6.28. The first-order valence-electron chi connectivity index (χ1n) is 24.7. The van der Waals surface area contributed by atoms with Gasteiger partial charge in [0.05, 0.1) is 40.7 Å². The van der Waals surface area contributed by atoms with E-state index in [4.69, 9.17) is 37.6 Å². The standard InChI is InChI=1S/C32H38N4O6S/c1-34-13-15-42-16-14-35(2)43(39,40)33-31(37)22-9-11-27-28(19-22)36-20-24(32(34)38)17-23-18-25(41-3)10-12-26(23)30(36)29(27)21-7-5-4-6-8-21/h9-12,17-19,21H,4-8,13-16,20H2,1-3H3,(H,33,37)/i1D3,2D3,4D2,5D2,6D2,7D2,8D2,13D2,14D2,15D2,16D2,21D. The molecule has 0 spiro atoms. The third-order valence-corrected chi connectivity index (χ3v) is 7.61. The van der Waals surface area contributed by atoms with Crippen LogP contribution in [0.4, 0.5) is 0 Å². The van der Waals surface area contributed by atoms with E-state index in [1.807, 2.05) is 0 Å². The minimum Gasteiger partial charge on any atom is -0.497 e. The van der Waals surface area contributed by atoms with Crippen LogP contribution >= 0.6 is 0 Å². The lowest BCUT2D eigenvalue weighted by atomic mass is 9.81. The zero-order chi connectivity index (χ0) is 52.4. The van der Waals surface area contributed by atoms with Crippen LogP contribution in [-0.4, -0.2) is 81.2 Å². The van der Waals surface area contributed by atoms with Gasteiger partial charge in [-0.2, -0.15) is 12.7 Å². The molecule has 2 aliphatic heterocycles. The predicted octanol–water partition coefficient (Wildman–Crippen LogP) is 4.16. The molecule has 4 bridgehead atoms. The van der Waals surface area contributed by atoms with Crippen LogP contribution in [0.5, 0.6) is 5.75 Å². The molecule has 10 nitrogen and oxygen atoms in total. The molecular weight excluding hydrogens is 568 g/mol. The molecule has 0 saturated heterocycles. The Morgan fingerprint density at radius 3 is 2.65 bits per heavy atom. The molecule has 3 heterocycles. The second-order valence-electron chi connectivity index (χ2n) is 9.04. The number of aromatic nitrogens is 1. The summed E-state index contributed by atoms with van der Waals surface area (Å²) in [5.74, 6) is -7.91. The van der Waals surface area contributed by atoms with Gasteiger partial charge in [0.15, 0.2) is 0 Å². The zero-order valence-electron chi connectivity index (χ0n) is 46.9. The summed E-state index contributed by atoms with van der Waals surface area (Å²) in [6.45, 7) is -28.2. The Balaban J connectivity index is 1.86. The average Bonchev–Trinajstić information content (AvgIpc) is 3.36. The van der Waals surface area contributed by atoms with Gasteiger partial charge in [0.25, 0.3) is 11.8 Å². The van der Waals surface area contributed by atoms with Gasteiger partial charge in [-0.1, -0.05) is 25.2 Å². The van der Waals surface area contributed by atoms with Gasteiger partial charge in [-0.05, 0) is 66.2 Å². The smallest absolute Gasteiger partial charge is 0.303 e. The normalized spacial score (nSPS) is 40.9. The second-order valence-corrected chi connectivity index (χ2v) is 10.6. The number of benzene rings is 2. The van der Waals surface area contributed by atoms with Crippen molar-refractivity contribution in [2.75, 3.05) is 47.2 Å². The Kier molecular flexibility index (Phi) is 3.29. The monoisotopic (exact) mass is 631 g/mol. The number of methoxy groups -OCH3 is 1. The molecule has 1 saturated carbocycles. The topological polar surface area (TPSA) is 110 Å². The fourth-order valence-electron chi connectivity index (χ4n) is 4.73. The first kappa shape index (κ1) is 12.0. The van der Waals surface area contributed by atoms with Crippen molar-refractivity contribution in [2.24, 2.45) is 0 Å².